The van der Waals surface area contributed by atoms with Crippen molar-refractivity contribution in [2.24, 2.45) is 5.92 Å². The minimum Gasteiger partial charge on any atom is -0.493 e. The van der Waals surface area contributed by atoms with Crippen LogP contribution in [-0.4, -0.2) is 60.4 Å². The molecule has 1 heterocycles. The van der Waals surface area contributed by atoms with Crippen molar-refractivity contribution < 1.29 is 24.1 Å². The molecule has 1 N–H and O–H groups in total. The molecule has 33 heavy (non-hydrogen) atoms. The number of nitrogens with zero attached hydrogens (tertiary/aromatic N) is 1. The summed E-state index contributed by atoms with van der Waals surface area (Å²) in [4.78, 5) is 15.6. The highest BCUT2D eigenvalue weighted by atomic mass is 79.9. The lowest BCUT2D eigenvalue weighted by Gasteiger charge is -2.48. The van der Waals surface area contributed by atoms with Crippen molar-refractivity contribution >= 4 is 33.8 Å². The van der Waals surface area contributed by atoms with Crippen molar-refractivity contribution in [1.82, 2.24) is 4.90 Å². The van der Waals surface area contributed by atoms with E-state index in [1.807, 2.05) is 38.2 Å². The average molecular weight is 534 g/mol. The van der Waals surface area contributed by atoms with E-state index in [-0.39, 0.29) is 35.3 Å². The fraction of sp³-hybridized carbons (Fsp3) is 0.480. The summed E-state index contributed by atoms with van der Waals surface area (Å²) in [5.74, 6) is 1.52. The van der Waals surface area contributed by atoms with Crippen LogP contribution in [0.5, 0.6) is 11.5 Å². The van der Waals surface area contributed by atoms with Crippen LogP contribution in [0.15, 0.2) is 45.8 Å². The van der Waals surface area contributed by atoms with Gasteiger partial charge in [-0.15, -0.1) is 11.8 Å². The second-order valence-corrected chi connectivity index (χ2v) is 11.0. The Morgan fingerprint density at radius 2 is 2.09 bits per heavy atom. The molecule has 0 saturated heterocycles. The topological polar surface area (TPSA) is 68.2 Å². The van der Waals surface area contributed by atoms with Crippen molar-refractivity contribution in [2.75, 3.05) is 20.8 Å². The molecule has 2 aromatic carbocycles. The highest BCUT2D eigenvalue weighted by Gasteiger charge is 2.57. The quantitative estimate of drug-likeness (QED) is 0.592. The predicted octanol–water partition coefficient (Wildman–Crippen LogP) is 4.86. The first-order chi connectivity index (χ1) is 15.9. The second kappa shape index (κ2) is 9.04. The minimum absolute atomic E-state index is 0.0142. The molecule has 8 heteroatoms. The third-order valence-corrected chi connectivity index (χ3v) is 9.20. The molecule has 3 aliphatic rings. The summed E-state index contributed by atoms with van der Waals surface area (Å²) in [7, 11) is 3.46. The van der Waals surface area contributed by atoms with Crippen LogP contribution >= 0.6 is 27.7 Å². The summed E-state index contributed by atoms with van der Waals surface area (Å²) in [6.07, 6.45) is 0.114. The van der Waals surface area contributed by atoms with Crippen molar-refractivity contribution in [3.63, 3.8) is 0 Å². The zero-order chi connectivity index (χ0) is 23.3. The number of halogens is 1. The van der Waals surface area contributed by atoms with Gasteiger partial charge in [0.15, 0.2) is 11.5 Å². The smallest absolute Gasteiger partial charge is 0.409 e. The molecule has 0 spiro atoms. The first-order valence-corrected chi connectivity index (χ1v) is 13.0. The molecule has 5 rings (SSSR count). The van der Waals surface area contributed by atoms with Gasteiger partial charge in [-0.25, -0.2) is 4.79 Å². The van der Waals surface area contributed by atoms with E-state index in [2.05, 4.69) is 28.1 Å². The van der Waals surface area contributed by atoms with Crippen LogP contribution in [0.25, 0.3) is 0 Å². The lowest BCUT2D eigenvalue weighted by molar-refractivity contribution is -0.0251. The summed E-state index contributed by atoms with van der Waals surface area (Å²) in [6, 6.07) is 12.0. The number of hydrogen-bond donors (Lipinski definition) is 1. The predicted molar refractivity (Wildman–Crippen MR) is 130 cm³/mol. The summed E-state index contributed by atoms with van der Waals surface area (Å²) in [6.45, 7) is 2.16. The number of aliphatic hydroxyl groups is 1. The molecule has 0 bridgehead atoms. The van der Waals surface area contributed by atoms with Gasteiger partial charge in [0.1, 0.15) is 12.2 Å². The number of ether oxygens (including phenoxy) is 3. The Kier molecular flexibility index (Phi) is 6.27. The summed E-state index contributed by atoms with van der Waals surface area (Å²) < 4.78 is 18.4. The molecule has 6 nitrogen and oxygen atoms in total. The SMILES string of the molecule is CCOC(=O)N(C)[C@@H]1Cc2c(Br)cc(OC)c3c2C2[C@H]1C[C@@H](Sc1ccccc1)[C@H](O)[C@@H]2O3. The van der Waals surface area contributed by atoms with E-state index >= 15 is 0 Å². The largest absolute Gasteiger partial charge is 0.493 e. The van der Waals surface area contributed by atoms with E-state index in [0.717, 1.165) is 32.7 Å². The Balaban J connectivity index is 1.57. The Morgan fingerprint density at radius 1 is 1.33 bits per heavy atom. The molecule has 2 aliphatic carbocycles. The second-order valence-electron chi connectivity index (χ2n) is 8.83. The van der Waals surface area contributed by atoms with Crippen LogP contribution in [-0.2, 0) is 11.2 Å². The maximum atomic E-state index is 12.7. The fourth-order valence-electron chi connectivity index (χ4n) is 5.71. The van der Waals surface area contributed by atoms with Gasteiger partial charge in [-0.05, 0) is 49.4 Å². The van der Waals surface area contributed by atoms with E-state index in [1.54, 1.807) is 23.8 Å². The standard InChI is InChI=1S/C25H28BrNO5S/c1-4-31-25(29)27(2)17-10-14-16(26)12-18(30-3)23-20(14)21-15(17)11-19(22(28)24(21)32-23)33-13-8-6-5-7-9-13/h5-9,12,15,17,19,21-22,24,28H,4,10-11H2,1-3H3/t15-,17+,19+,21?,22-,24+/m0/s1. The van der Waals surface area contributed by atoms with Gasteiger partial charge < -0.3 is 24.2 Å². The number of amides is 1. The van der Waals surface area contributed by atoms with Gasteiger partial charge in [-0.3, -0.25) is 0 Å². The van der Waals surface area contributed by atoms with Crippen LogP contribution in [0.2, 0.25) is 0 Å². The minimum atomic E-state index is -0.646. The summed E-state index contributed by atoms with van der Waals surface area (Å²) >= 11 is 5.40. The zero-order valence-electron chi connectivity index (χ0n) is 18.9. The molecule has 1 amide bonds. The number of rotatable bonds is 5. The first-order valence-electron chi connectivity index (χ1n) is 11.3. The molecule has 1 aliphatic heterocycles. The molecule has 1 saturated carbocycles. The first kappa shape index (κ1) is 22.9. The monoisotopic (exact) mass is 533 g/mol. The van der Waals surface area contributed by atoms with E-state index in [0.29, 0.717) is 18.8 Å². The van der Waals surface area contributed by atoms with E-state index in [9.17, 15) is 9.90 Å². The Bertz CT molecular complexity index is 1050. The molecule has 2 aromatic rings. The maximum absolute atomic E-state index is 12.7. The molecule has 176 valence electrons. The van der Waals surface area contributed by atoms with Gasteiger partial charge in [-0.2, -0.15) is 0 Å². The van der Waals surface area contributed by atoms with Crippen molar-refractivity contribution in [2.45, 2.75) is 54.1 Å². The van der Waals surface area contributed by atoms with Crippen LogP contribution < -0.4 is 9.47 Å². The Labute approximate surface area is 206 Å². The zero-order valence-corrected chi connectivity index (χ0v) is 21.3. The maximum Gasteiger partial charge on any atom is 0.409 e. The number of carbonyl (C=O) groups excluding carboxylic acids is 1. The van der Waals surface area contributed by atoms with Crippen LogP contribution in [0.1, 0.15) is 30.4 Å². The molecule has 6 atom stereocenters. The molecular weight excluding hydrogens is 506 g/mol. The fourth-order valence-corrected chi connectivity index (χ4v) is 7.57. The number of aliphatic hydroxyl groups excluding tert-OH is 1. The van der Waals surface area contributed by atoms with Gasteiger partial charge in [0, 0.05) is 39.2 Å². The molecule has 1 unspecified atom stereocenters. The number of thioether (sulfide) groups is 1. The van der Waals surface area contributed by atoms with E-state index in [1.165, 1.54) is 0 Å². The summed E-state index contributed by atoms with van der Waals surface area (Å²) in [5.41, 5.74) is 2.24. The number of hydrogen-bond acceptors (Lipinski definition) is 6. The molecular formula is C25H28BrNO5S. The van der Waals surface area contributed by atoms with E-state index in [4.69, 9.17) is 14.2 Å². The highest BCUT2D eigenvalue weighted by Crippen LogP contribution is 2.60. The van der Waals surface area contributed by atoms with Crippen molar-refractivity contribution in [3.05, 3.63) is 52.0 Å². The van der Waals surface area contributed by atoms with Gasteiger partial charge in [-0.1, -0.05) is 34.1 Å². The van der Waals surface area contributed by atoms with Crippen LogP contribution in [0, 0.1) is 5.92 Å². The summed E-state index contributed by atoms with van der Waals surface area (Å²) in [5, 5.41) is 11.4. The number of carbonyl (C=O) groups is 1. The van der Waals surface area contributed by atoms with E-state index < -0.39 is 6.10 Å². The number of likely N-dealkylation sites (N-methyl/N-ethyl adjacent to an activating group) is 1. The third-order valence-electron chi connectivity index (χ3n) is 7.18. The molecule has 0 aromatic heterocycles. The third kappa shape index (κ3) is 3.80. The normalized spacial score (nSPS) is 29.1. The van der Waals surface area contributed by atoms with Crippen LogP contribution in [0.3, 0.4) is 0 Å². The lowest BCUT2D eigenvalue weighted by atomic mass is 9.64. The van der Waals surface area contributed by atoms with Gasteiger partial charge in [0.05, 0.1) is 13.7 Å². The Hall–Kier alpha value is -1.90. The Morgan fingerprint density at radius 3 is 2.79 bits per heavy atom. The van der Waals surface area contributed by atoms with Gasteiger partial charge in [0.2, 0.25) is 0 Å². The van der Waals surface area contributed by atoms with Gasteiger partial charge in [0.25, 0.3) is 0 Å². The van der Waals surface area contributed by atoms with Crippen molar-refractivity contribution in [1.29, 1.82) is 0 Å². The average Bonchev–Trinajstić information content (AvgIpc) is 3.22. The van der Waals surface area contributed by atoms with Crippen molar-refractivity contribution in [3.8, 4) is 11.5 Å². The highest BCUT2D eigenvalue weighted by molar-refractivity contribution is 9.10. The van der Waals surface area contributed by atoms with Crippen LogP contribution in [0.4, 0.5) is 4.79 Å². The number of benzene rings is 2. The molecule has 1 fully saturated rings. The number of methoxy groups -OCH3 is 1. The molecule has 0 radical (unpaired) electrons. The van der Waals surface area contributed by atoms with Gasteiger partial charge >= 0.3 is 6.09 Å². The lowest BCUT2D eigenvalue weighted by Crippen LogP contribution is -2.56.